The van der Waals surface area contributed by atoms with Gasteiger partial charge in [0.2, 0.25) is 0 Å². The molecule has 1 fully saturated rings. The highest BCUT2D eigenvalue weighted by Crippen LogP contribution is 2.21. The van der Waals surface area contributed by atoms with E-state index in [4.69, 9.17) is 9.47 Å². The van der Waals surface area contributed by atoms with Gasteiger partial charge >= 0.3 is 6.09 Å². The molecule has 3 atom stereocenters. The number of benzene rings is 1. The lowest BCUT2D eigenvalue weighted by Gasteiger charge is -2.24. The van der Waals surface area contributed by atoms with E-state index < -0.39 is 12.2 Å². The van der Waals surface area contributed by atoms with Gasteiger partial charge in [0.25, 0.3) is 5.91 Å². The highest BCUT2D eigenvalue weighted by molar-refractivity contribution is 5.96. The van der Waals surface area contributed by atoms with Crippen LogP contribution in [0.1, 0.15) is 76.7 Å². The largest absolute Gasteiger partial charge is 0.447 e. The molecule has 1 aliphatic heterocycles. The summed E-state index contributed by atoms with van der Waals surface area (Å²) in [6, 6.07) is 9.49. The van der Waals surface area contributed by atoms with Gasteiger partial charge in [-0.1, -0.05) is 82.2 Å². The zero-order valence-electron chi connectivity index (χ0n) is 19.1. The average molecular weight is 434 g/mol. The fraction of sp³-hybridized carbons (Fsp3) is 0.680. The van der Waals surface area contributed by atoms with Crippen LogP contribution in [0.25, 0.3) is 0 Å². The Morgan fingerprint density at radius 2 is 1.74 bits per heavy atom. The molecule has 1 unspecified atom stereocenters. The summed E-state index contributed by atoms with van der Waals surface area (Å²) < 4.78 is 10.6. The highest BCUT2D eigenvalue weighted by Gasteiger charge is 2.40. The molecule has 1 aromatic rings. The molecule has 0 spiro atoms. The quantitative estimate of drug-likeness (QED) is 0.399. The van der Waals surface area contributed by atoms with Gasteiger partial charge in [-0.05, 0) is 31.2 Å². The van der Waals surface area contributed by atoms with Gasteiger partial charge in [0.15, 0.2) is 0 Å². The number of unbranched alkanes of at least 4 members (excludes halogenated alkanes) is 5. The monoisotopic (exact) mass is 433 g/mol. The Kier molecular flexibility index (Phi) is 11.6. The number of carbonyl (C=O) groups excluding carboxylic acids is 2. The van der Waals surface area contributed by atoms with Crippen LogP contribution in [0.15, 0.2) is 30.3 Å². The Morgan fingerprint density at radius 3 is 2.39 bits per heavy atom. The normalized spacial score (nSPS) is 18.1. The van der Waals surface area contributed by atoms with Crippen molar-refractivity contribution >= 4 is 12.0 Å². The second-order valence-corrected chi connectivity index (χ2v) is 8.49. The molecule has 1 saturated heterocycles. The predicted molar refractivity (Wildman–Crippen MR) is 121 cm³/mol. The van der Waals surface area contributed by atoms with Crippen LogP contribution in [-0.4, -0.2) is 54.0 Å². The van der Waals surface area contributed by atoms with Gasteiger partial charge in [-0.3, -0.25) is 4.79 Å². The first-order chi connectivity index (χ1) is 15.1. The number of imide groups is 1. The van der Waals surface area contributed by atoms with Crippen LogP contribution in [0, 0.1) is 0 Å². The van der Waals surface area contributed by atoms with Crippen LogP contribution in [-0.2, 0) is 20.7 Å². The number of carbonyl (C=O) groups is 2. The van der Waals surface area contributed by atoms with Crippen molar-refractivity contribution in [2.24, 2.45) is 0 Å². The first kappa shape index (κ1) is 25.3. The van der Waals surface area contributed by atoms with Gasteiger partial charge in [-0.15, -0.1) is 0 Å². The van der Waals surface area contributed by atoms with Crippen molar-refractivity contribution in [2.45, 2.75) is 95.8 Å². The maximum atomic E-state index is 13.0. The standard InChI is InChI=1S/C25H39NO5/c1-3-4-5-10-15-22(27)16-11-7-12-17-23(30-2)24(28)26-21(19-31-25(26)29)18-20-13-8-6-9-14-20/h6,8-9,13-14,21-23,27H,3-5,7,10-12,15-19H2,1-2H3/t21?,22-,23-/m1/s1. The number of aliphatic hydroxyl groups excluding tert-OH is 1. The summed E-state index contributed by atoms with van der Waals surface area (Å²) in [5, 5.41) is 10.1. The molecule has 6 heteroatoms. The van der Waals surface area contributed by atoms with E-state index in [-0.39, 0.29) is 24.7 Å². The molecular weight excluding hydrogens is 394 g/mol. The molecule has 31 heavy (non-hydrogen) atoms. The fourth-order valence-corrected chi connectivity index (χ4v) is 4.10. The van der Waals surface area contributed by atoms with Gasteiger partial charge in [-0.2, -0.15) is 0 Å². The topological polar surface area (TPSA) is 76.1 Å². The number of amides is 2. The Morgan fingerprint density at radius 1 is 1.10 bits per heavy atom. The molecule has 1 aliphatic rings. The first-order valence-electron chi connectivity index (χ1n) is 11.8. The van der Waals surface area contributed by atoms with Gasteiger partial charge in [0.05, 0.1) is 12.1 Å². The van der Waals surface area contributed by atoms with Crippen molar-refractivity contribution in [3.63, 3.8) is 0 Å². The van der Waals surface area contributed by atoms with E-state index >= 15 is 0 Å². The van der Waals surface area contributed by atoms with E-state index in [1.807, 2.05) is 30.3 Å². The van der Waals surface area contributed by atoms with E-state index in [1.165, 1.54) is 31.3 Å². The molecule has 2 amide bonds. The smallest absolute Gasteiger partial charge is 0.417 e. The number of ether oxygens (including phenoxy) is 2. The van der Waals surface area contributed by atoms with Crippen molar-refractivity contribution in [3.05, 3.63) is 35.9 Å². The van der Waals surface area contributed by atoms with E-state index in [0.29, 0.717) is 12.8 Å². The molecule has 1 aromatic carbocycles. The maximum Gasteiger partial charge on any atom is 0.417 e. The molecule has 2 rings (SSSR count). The highest BCUT2D eigenvalue weighted by atomic mass is 16.6. The second kappa shape index (κ2) is 14.2. The molecule has 1 N–H and O–H groups in total. The number of hydrogen-bond acceptors (Lipinski definition) is 5. The van der Waals surface area contributed by atoms with Crippen molar-refractivity contribution < 1.29 is 24.2 Å². The maximum absolute atomic E-state index is 13.0. The third-order valence-electron chi connectivity index (χ3n) is 5.97. The Balaban J connectivity index is 1.74. The zero-order chi connectivity index (χ0) is 22.5. The number of rotatable bonds is 15. The number of nitrogens with zero attached hydrogens (tertiary/aromatic N) is 1. The van der Waals surface area contributed by atoms with E-state index in [0.717, 1.165) is 44.1 Å². The summed E-state index contributed by atoms with van der Waals surface area (Å²) in [6.45, 7) is 2.40. The molecule has 6 nitrogen and oxygen atoms in total. The zero-order valence-corrected chi connectivity index (χ0v) is 19.1. The molecule has 0 bridgehead atoms. The summed E-state index contributed by atoms with van der Waals surface area (Å²) in [7, 11) is 1.51. The predicted octanol–water partition coefficient (Wildman–Crippen LogP) is 4.87. The van der Waals surface area contributed by atoms with Crippen LogP contribution in [0.2, 0.25) is 0 Å². The third-order valence-corrected chi connectivity index (χ3v) is 5.97. The number of cyclic esters (lactones) is 1. The third kappa shape index (κ3) is 8.62. The lowest BCUT2D eigenvalue weighted by Crippen LogP contribution is -2.46. The first-order valence-corrected chi connectivity index (χ1v) is 11.8. The van der Waals surface area contributed by atoms with Crippen LogP contribution >= 0.6 is 0 Å². The summed E-state index contributed by atoms with van der Waals surface area (Å²) >= 11 is 0. The minimum absolute atomic E-state index is 0.214. The van der Waals surface area contributed by atoms with Gasteiger partial charge in [0.1, 0.15) is 12.7 Å². The van der Waals surface area contributed by atoms with E-state index in [2.05, 4.69) is 6.92 Å². The SMILES string of the molecule is CCCCCC[C@@H](O)CCCCC[C@@H](OC)C(=O)N1C(=O)OCC1Cc1ccccc1. The van der Waals surface area contributed by atoms with E-state index in [9.17, 15) is 14.7 Å². The Labute approximate surface area is 186 Å². The van der Waals surface area contributed by atoms with Gasteiger partial charge in [0, 0.05) is 7.11 Å². The van der Waals surface area contributed by atoms with Crippen molar-refractivity contribution in [1.29, 1.82) is 0 Å². The van der Waals surface area contributed by atoms with E-state index in [1.54, 1.807) is 0 Å². The van der Waals surface area contributed by atoms with Crippen LogP contribution in [0.5, 0.6) is 0 Å². The number of hydrogen-bond donors (Lipinski definition) is 1. The van der Waals surface area contributed by atoms with Gasteiger partial charge < -0.3 is 14.6 Å². The molecule has 0 saturated carbocycles. The van der Waals surface area contributed by atoms with Crippen molar-refractivity contribution in [3.8, 4) is 0 Å². The number of aliphatic hydroxyl groups is 1. The molecule has 0 radical (unpaired) electrons. The summed E-state index contributed by atoms with van der Waals surface area (Å²) in [6.07, 6.45) is 8.74. The molecule has 1 heterocycles. The summed E-state index contributed by atoms with van der Waals surface area (Å²) in [4.78, 5) is 26.4. The number of methoxy groups -OCH3 is 1. The lowest BCUT2D eigenvalue weighted by molar-refractivity contribution is -0.140. The molecule has 174 valence electrons. The van der Waals surface area contributed by atoms with Crippen LogP contribution in [0.3, 0.4) is 0 Å². The van der Waals surface area contributed by atoms with Crippen molar-refractivity contribution in [1.82, 2.24) is 4.90 Å². The van der Waals surface area contributed by atoms with Crippen molar-refractivity contribution in [2.75, 3.05) is 13.7 Å². The average Bonchev–Trinajstić information content (AvgIpc) is 3.14. The minimum Gasteiger partial charge on any atom is -0.447 e. The lowest BCUT2D eigenvalue weighted by atomic mass is 10.0. The van der Waals surface area contributed by atoms with Crippen LogP contribution in [0.4, 0.5) is 4.79 Å². The fourth-order valence-electron chi connectivity index (χ4n) is 4.10. The summed E-state index contributed by atoms with van der Waals surface area (Å²) in [5.74, 6) is -0.318. The minimum atomic E-state index is -0.650. The second-order valence-electron chi connectivity index (χ2n) is 8.49. The van der Waals surface area contributed by atoms with Crippen LogP contribution < -0.4 is 0 Å². The Bertz CT molecular complexity index is 651. The summed E-state index contributed by atoms with van der Waals surface area (Å²) in [5.41, 5.74) is 1.06. The molecule has 0 aliphatic carbocycles. The Hall–Kier alpha value is -1.92. The molecule has 0 aromatic heterocycles. The molecular formula is C25H39NO5. The van der Waals surface area contributed by atoms with Gasteiger partial charge in [-0.25, -0.2) is 9.69 Å².